The summed E-state index contributed by atoms with van der Waals surface area (Å²) < 4.78 is 17.7. The molecular weight excluding hydrogens is 361 g/mol. The third-order valence-electron chi connectivity index (χ3n) is 5.01. The second-order valence-corrected chi connectivity index (χ2v) is 8.07. The minimum Gasteiger partial charge on any atom is -0.346 e. The lowest BCUT2D eigenvalue weighted by Gasteiger charge is -2.26. The highest BCUT2D eigenvalue weighted by molar-refractivity contribution is 7.22. The molecule has 4 heterocycles. The van der Waals surface area contributed by atoms with E-state index in [1.54, 1.807) is 17.4 Å². The number of rotatable bonds is 2. The van der Waals surface area contributed by atoms with Crippen molar-refractivity contribution in [2.24, 2.45) is 0 Å². The van der Waals surface area contributed by atoms with Gasteiger partial charge in [-0.3, -0.25) is 0 Å². The van der Waals surface area contributed by atoms with Gasteiger partial charge in [0.15, 0.2) is 10.9 Å². The van der Waals surface area contributed by atoms with E-state index in [4.69, 9.17) is 0 Å². The largest absolute Gasteiger partial charge is 0.346 e. The van der Waals surface area contributed by atoms with Crippen molar-refractivity contribution >= 4 is 32.3 Å². The smallest absolute Gasteiger partial charge is 0.186 e. The molecule has 7 heteroatoms. The van der Waals surface area contributed by atoms with Gasteiger partial charge >= 0.3 is 0 Å². The molecule has 27 heavy (non-hydrogen) atoms. The van der Waals surface area contributed by atoms with Gasteiger partial charge in [-0.25, -0.2) is 14.4 Å². The molecule has 3 aromatic heterocycles. The number of piperazine rings is 1. The van der Waals surface area contributed by atoms with E-state index in [9.17, 15) is 4.39 Å². The van der Waals surface area contributed by atoms with Crippen LogP contribution < -0.4 is 10.2 Å². The lowest BCUT2D eigenvalue weighted by atomic mass is 10.1. The van der Waals surface area contributed by atoms with E-state index >= 15 is 0 Å². The molecule has 0 aliphatic carbocycles. The number of hydrogen-bond acceptors (Lipinski definition) is 5. The molecule has 0 radical (unpaired) electrons. The highest BCUT2D eigenvalue weighted by Crippen LogP contribution is 2.34. The molecule has 0 amide bonds. The van der Waals surface area contributed by atoms with Gasteiger partial charge in [-0.15, -0.1) is 0 Å². The number of nitrogens with zero attached hydrogens (tertiary/aromatic N) is 4. The molecule has 1 N–H and O–H groups in total. The van der Waals surface area contributed by atoms with Gasteiger partial charge in [-0.1, -0.05) is 11.3 Å². The number of hydrogen-bond donors (Lipinski definition) is 1. The fraction of sp³-hybridized carbons (Fsp3) is 0.300. The van der Waals surface area contributed by atoms with Crippen LogP contribution in [0.2, 0.25) is 0 Å². The van der Waals surface area contributed by atoms with Crippen LogP contribution in [-0.2, 0) is 0 Å². The predicted molar refractivity (Wildman–Crippen MR) is 108 cm³/mol. The average Bonchev–Trinajstić information content (AvgIpc) is 3.26. The summed E-state index contributed by atoms with van der Waals surface area (Å²) in [6.07, 6.45) is 4.01. The second kappa shape index (κ2) is 6.28. The Bertz CT molecular complexity index is 1160. The number of thiazole rings is 1. The van der Waals surface area contributed by atoms with E-state index in [2.05, 4.69) is 26.3 Å². The first-order valence-corrected chi connectivity index (χ1v) is 9.92. The number of aryl methyl sites for hydroxylation is 2. The van der Waals surface area contributed by atoms with Crippen LogP contribution in [0.4, 0.5) is 9.52 Å². The van der Waals surface area contributed by atoms with Gasteiger partial charge in [-0.05, 0) is 48.7 Å². The first-order chi connectivity index (χ1) is 13.1. The van der Waals surface area contributed by atoms with Gasteiger partial charge in [0, 0.05) is 38.6 Å². The average molecular weight is 381 g/mol. The number of benzene rings is 1. The molecule has 0 spiro atoms. The Morgan fingerprint density at radius 1 is 1.04 bits per heavy atom. The van der Waals surface area contributed by atoms with E-state index in [1.807, 2.05) is 36.7 Å². The quantitative estimate of drug-likeness (QED) is 0.574. The normalized spacial score (nSPS) is 15.1. The maximum Gasteiger partial charge on any atom is 0.186 e. The molecule has 5 rings (SSSR count). The van der Waals surface area contributed by atoms with Crippen LogP contribution >= 0.6 is 11.3 Å². The highest BCUT2D eigenvalue weighted by Gasteiger charge is 2.18. The zero-order valence-corrected chi connectivity index (χ0v) is 16.1. The van der Waals surface area contributed by atoms with E-state index in [0.29, 0.717) is 5.52 Å². The van der Waals surface area contributed by atoms with Crippen molar-refractivity contribution in [1.29, 1.82) is 0 Å². The van der Waals surface area contributed by atoms with Crippen molar-refractivity contribution in [3.05, 3.63) is 47.7 Å². The Morgan fingerprint density at radius 3 is 2.67 bits per heavy atom. The van der Waals surface area contributed by atoms with Crippen LogP contribution in [0.15, 0.2) is 30.6 Å². The fourth-order valence-corrected chi connectivity index (χ4v) is 4.76. The van der Waals surface area contributed by atoms with Crippen LogP contribution in [0.1, 0.15) is 11.3 Å². The first-order valence-electron chi connectivity index (χ1n) is 9.10. The lowest BCUT2D eigenvalue weighted by Crippen LogP contribution is -2.43. The molecule has 1 saturated heterocycles. The van der Waals surface area contributed by atoms with Gasteiger partial charge in [0.05, 0.1) is 10.4 Å². The molecule has 1 fully saturated rings. The third-order valence-corrected chi connectivity index (χ3v) is 6.08. The Labute approximate surface area is 160 Å². The molecule has 0 atom stereocenters. The fourth-order valence-electron chi connectivity index (χ4n) is 3.68. The Kier molecular flexibility index (Phi) is 3.87. The topological polar surface area (TPSA) is 45.5 Å². The van der Waals surface area contributed by atoms with Crippen LogP contribution in [0.3, 0.4) is 0 Å². The third kappa shape index (κ3) is 2.87. The van der Waals surface area contributed by atoms with Crippen molar-refractivity contribution in [3.63, 3.8) is 0 Å². The van der Waals surface area contributed by atoms with Crippen LogP contribution in [0, 0.1) is 19.7 Å². The molecule has 0 unspecified atom stereocenters. The monoisotopic (exact) mass is 381 g/mol. The number of pyridine rings is 1. The number of halogens is 1. The molecule has 4 aromatic rings. The second-order valence-electron chi connectivity index (χ2n) is 7.06. The minimum absolute atomic E-state index is 0.264. The van der Waals surface area contributed by atoms with E-state index in [0.717, 1.165) is 64.0 Å². The van der Waals surface area contributed by atoms with Crippen molar-refractivity contribution < 1.29 is 4.39 Å². The number of aromatic nitrogens is 3. The summed E-state index contributed by atoms with van der Waals surface area (Å²) in [7, 11) is 0. The van der Waals surface area contributed by atoms with E-state index in [1.165, 1.54) is 0 Å². The molecule has 0 bridgehead atoms. The summed E-state index contributed by atoms with van der Waals surface area (Å²) in [5.41, 5.74) is 5.30. The summed E-state index contributed by atoms with van der Waals surface area (Å²) in [4.78, 5) is 11.3. The zero-order valence-electron chi connectivity index (χ0n) is 15.3. The summed E-state index contributed by atoms with van der Waals surface area (Å²) >= 11 is 1.57. The van der Waals surface area contributed by atoms with Gasteiger partial charge in [0.25, 0.3) is 0 Å². The summed E-state index contributed by atoms with van der Waals surface area (Å²) in [5, 5.41) is 4.24. The maximum atomic E-state index is 14.8. The minimum atomic E-state index is -0.264. The lowest BCUT2D eigenvalue weighted by molar-refractivity contribution is 0.588. The molecule has 5 nitrogen and oxygen atoms in total. The molecule has 1 aromatic carbocycles. The van der Waals surface area contributed by atoms with E-state index < -0.39 is 0 Å². The van der Waals surface area contributed by atoms with Crippen molar-refractivity contribution in [2.45, 2.75) is 13.8 Å². The molecular formula is C20H20FN5S. The standard InChI is InChI=1S/C20H20FN5S/c1-12-7-15(11-26-10-13(2)23-19(12)26)14-8-16(21)18-17(9-14)27-20(24-18)25-5-3-22-4-6-25/h7-11,22H,3-6H2,1-2H3. The summed E-state index contributed by atoms with van der Waals surface area (Å²) in [6, 6.07) is 5.71. The molecule has 0 saturated carbocycles. The Morgan fingerprint density at radius 2 is 1.85 bits per heavy atom. The van der Waals surface area contributed by atoms with Gasteiger partial charge in [0.2, 0.25) is 0 Å². The van der Waals surface area contributed by atoms with E-state index in [-0.39, 0.29) is 5.82 Å². The maximum absolute atomic E-state index is 14.8. The van der Waals surface area contributed by atoms with Crippen LogP contribution in [0.25, 0.3) is 27.0 Å². The molecule has 1 aliphatic heterocycles. The van der Waals surface area contributed by atoms with Crippen LogP contribution in [-0.4, -0.2) is 40.5 Å². The van der Waals surface area contributed by atoms with Crippen LogP contribution in [0.5, 0.6) is 0 Å². The summed E-state index contributed by atoms with van der Waals surface area (Å²) in [5.74, 6) is -0.264. The molecule has 1 aliphatic rings. The Balaban J connectivity index is 1.61. The molecule has 138 valence electrons. The number of imidazole rings is 1. The summed E-state index contributed by atoms with van der Waals surface area (Å²) in [6.45, 7) is 7.71. The number of fused-ring (bicyclic) bond motifs is 2. The first kappa shape index (κ1) is 16.6. The number of nitrogens with one attached hydrogen (secondary N) is 1. The van der Waals surface area contributed by atoms with Crippen molar-refractivity contribution in [2.75, 3.05) is 31.1 Å². The zero-order chi connectivity index (χ0) is 18.5. The predicted octanol–water partition coefficient (Wildman–Crippen LogP) is 3.78. The van der Waals surface area contributed by atoms with Gasteiger partial charge < -0.3 is 14.6 Å². The SMILES string of the molecule is Cc1cn2cc(-c3cc(F)c4nc(N5CCNCC5)sc4c3)cc(C)c2n1. The van der Waals surface area contributed by atoms with Crippen molar-refractivity contribution in [1.82, 2.24) is 19.7 Å². The van der Waals surface area contributed by atoms with Gasteiger partial charge in [-0.2, -0.15) is 0 Å². The van der Waals surface area contributed by atoms with Gasteiger partial charge in [0.1, 0.15) is 11.2 Å². The number of anilines is 1. The van der Waals surface area contributed by atoms with Crippen molar-refractivity contribution in [3.8, 4) is 11.1 Å². The highest BCUT2D eigenvalue weighted by atomic mass is 32.1. The Hall–Kier alpha value is -2.51.